The van der Waals surface area contributed by atoms with Crippen molar-refractivity contribution in [3.8, 4) is 0 Å². The van der Waals surface area contributed by atoms with Crippen molar-refractivity contribution in [2.75, 3.05) is 20.1 Å². The van der Waals surface area contributed by atoms with Crippen LogP contribution in [0, 0.1) is 0 Å². The Morgan fingerprint density at radius 1 is 1.24 bits per heavy atom. The number of hydrogen-bond acceptors (Lipinski definition) is 2. The Hall–Kier alpha value is -2.30. The highest BCUT2D eigenvalue weighted by Crippen LogP contribution is 2.35. The monoisotopic (exact) mass is 285 g/mol. The maximum Gasteiger partial charge on any atom is 0.322 e. The molecule has 1 atom stereocenters. The molecular formula is C16H19N3O2. The first-order valence-corrected chi connectivity index (χ1v) is 7.25. The Labute approximate surface area is 124 Å². The van der Waals surface area contributed by atoms with Gasteiger partial charge in [0.15, 0.2) is 0 Å². The van der Waals surface area contributed by atoms with E-state index in [1.54, 1.807) is 11.9 Å². The minimum Gasteiger partial charge on any atom is -0.333 e. The standard InChI is InChI=1S/C16H19N3O2/c1-3-9-19-10-12-13(15(19)20)14(17-16(21)18(12)2)11-7-5-4-6-8-11/h4-8,14H,3,9-10H2,1-2H3,(H,17,21). The summed E-state index contributed by atoms with van der Waals surface area (Å²) in [7, 11) is 1.72. The van der Waals surface area contributed by atoms with Gasteiger partial charge in [-0.05, 0) is 12.0 Å². The molecule has 1 N–H and O–H groups in total. The molecule has 3 amide bonds. The van der Waals surface area contributed by atoms with Crippen molar-refractivity contribution in [2.24, 2.45) is 0 Å². The van der Waals surface area contributed by atoms with Crippen LogP contribution < -0.4 is 5.32 Å². The van der Waals surface area contributed by atoms with Crippen molar-refractivity contribution in [3.63, 3.8) is 0 Å². The van der Waals surface area contributed by atoms with Crippen molar-refractivity contribution >= 4 is 11.9 Å². The van der Waals surface area contributed by atoms with E-state index in [1.807, 2.05) is 42.2 Å². The van der Waals surface area contributed by atoms with E-state index >= 15 is 0 Å². The molecule has 0 spiro atoms. The van der Waals surface area contributed by atoms with Crippen LogP contribution in [0.15, 0.2) is 41.6 Å². The first-order valence-electron chi connectivity index (χ1n) is 7.25. The summed E-state index contributed by atoms with van der Waals surface area (Å²) in [6.07, 6.45) is 0.910. The average molecular weight is 285 g/mol. The van der Waals surface area contributed by atoms with Gasteiger partial charge in [0.2, 0.25) is 0 Å². The molecule has 3 rings (SSSR count). The highest BCUT2D eigenvalue weighted by Gasteiger charge is 2.42. The molecule has 5 nitrogen and oxygen atoms in total. The molecule has 2 aliphatic rings. The lowest BCUT2D eigenvalue weighted by Gasteiger charge is -2.31. The molecule has 110 valence electrons. The van der Waals surface area contributed by atoms with Gasteiger partial charge in [0, 0.05) is 13.6 Å². The van der Waals surface area contributed by atoms with Gasteiger partial charge in [-0.3, -0.25) is 9.69 Å². The van der Waals surface area contributed by atoms with Crippen LogP contribution in [0.4, 0.5) is 4.79 Å². The second-order valence-corrected chi connectivity index (χ2v) is 5.44. The second-order valence-electron chi connectivity index (χ2n) is 5.44. The van der Waals surface area contributed by atoms with Gasteiger partial charge >= 0.3 is 6.03 Å². The summed E-state index contributed by atoms with van der Waals surface area (Å²) in [5, 5.41) is 2.93. The first-order chi connectivity index (χ1) is 10.1. The Bertz CT molecular complexity index is 609. The fourth-order valence-electron chi connectivity index (χ4n) is 2.97. The van der Waals surface area contributed by atoms with E-state index < -0.39 is 0 Å². The molecule has 0 saturated carbocycles. The van der Waals surface area contributed by atoms with Gasteiger partial charge in [-0.2, -0.15) is 0 Å². The fourth-order valence-corrected chi connectivity index (χ4v) is 2.97. The second kappa shape index (κ2) is 5.24. The molecule has 1 unspecified atom stereocenters. The molecule has 0 fully saturated rings. The van der Waals surface area contributed by atoms with Gasteiger partial charge in [0.25, 0.3) is 5.91 Å². The molecular weight excluding hydrogens is 266 g/mol. The van der Waals surface area contributed by atoms with Gasteiger partial charge in [0.1, 0.15) is 0 Å². The lowest BCUT2D eigenvalue weighted by atomic mass is 9.96. The van der Waals surface area contributed by atoms with E-state index in [0.29, 0.717) is 12.1 Å². The molecule has 0 radical (unpaired) electrons. The SMILES string of the molecule is CCCN1CC2=C(C1=O)C(c1ccccc1)NC(=O)N2C. The predicted molar refractivity (Wildman–Crippen MR) is 79.4 cm³/mol. The van der Waals surface area contributed by atoms with Crippen molar-refractivity contribution in [2.45, 2.75) is 19.4 Å². The highest BCUT2D eigenvalue weighted by molar-refractivity contribution is 6.01. The summed E-state index contributed by atoms with van der Waals surface area (Å²) in [5.74, 6) is 0.0348. The van der Waals surface area contributed by atoms with Crippen molar-refractivity contribution in [1.82, 2.24) is 15.1 Å². The number of carbonyl (C=O) groups excluding carboxylic acids is 2. The number of benzene rings is 1. The van der Waals surface area contributed by atoms with Crippen LogP contribution >= 0.6 is 0 Å². The summed E-state index contributed by atoms with van der Waals surface area (Å²) < 4.78 is 0. The summed E-state index contributed by atoms with van der Waals surface area (Å²) in [5.41, 5.74) is 2.47. The van der Waals surface area contributed by atoms with Crippen LogP contribution in [0.5, 0.6) is 0 Å². The largest absolute Gasteiger partial charge is 0.333 e. The van der Waals surface area contributed by atoms with Crippen LogP contribution in [-0.2, 0) is 4.79 Å². The zero-order valence-corrected chi connectivity index (χ0v) is 12.3. The van der Waals surface area contributed by atoms with E-state index in [9.17, 15) is 9.59 Å². The van der Waals surface area contributed by atoms with E-state index in [1.165, 1.54) is 0 Å². The molecule has 2 heterocycles. The number of nitrogens with one attached hydrogen (secondary N) is 1. The molecule has 0 aromatic heterocycles. The third kappa shape index (κ3) is 2.18. The topological polar surface area (TPSA) is 52.7 Å². The molecule has 21 heavy (non-hydrogen) atoms. The van der Waals surface area contributed by atoms with Crippen molar-refractivity contribution in [3.05, 3.63) is 47.2 Å². The summed E-state index contributed by atoms with van der Waals surface area (Å²) >= 11 is 0. The Balaban J connectivity index is 2.02. The van der Waals surface area contributed by atoms with Crippen LogP contribution in [0.2, 0.25) is 0 Å². The van der Waals surface area contributed by atoms with E-state index in [0.717, 1.165) is 24.2 Å². The lowest BCUT2D eigenvalue weighted by Crippen LogP contribution is -2.45. The minimum atomic E-state index is -0.348. The van der Waals surface area contributed by atoms with E-state index in [-0.39, 0.29) is 18.0 Å². The number of urea groups is 1. The molecule has 0 aliphatic carbocycles. The average Bonchev–Trinajstić information content (AvgIpc) is 2.82. The van der Waals surface area contributed by atoms with Crippen LogP contribution in [0.25, 0.3) is 0 Å². The zero-order valence-electron chi connectivity index (χ0n) is 12.3. The van der Waals surface area contributed by atoms with Gasteiger partial charge in [0.05, 0.1) is 23.9 Å². The van der Waals surface area contributed by atoms with Crippen LogP contribution in [0.3, 0.4) is 0 Å². The Morgan fingerprint density at radius 2 is 1.95 bits per heavy atom. The molecule has 1 aromatic carbocycles. The lowest BCUT2D eigenvalue weighted by molar-refractivity contribution is -0.125. The molecule has 2 aliphatic heterocycles. The van der Waals surface area contributed by atoms with Crippen LogP contribution in [0.1, 0.15) is 24.9 Å². The van der Waals surface area contributed by atoms with Gasteiger partial charge in [-0.1, -0.05) is 37.3 Å². The molecule has 0 saturated heterocycles. The predicted octanol–water partition coefficient (Wildman–Crippen LogP) is 1.89. The van der Waals surface area contributed by atoms with E-state index in [4.69, 9.17) is 0 Å². The summed E-state index contributed by atoms with van der Waals surface area (Å²) in [4.78, 5) is 28.2. The number of hydrogen-bond donors (Lipinski definition) is 1. The van der Waals surface area contributed by atoms with Gasteiger partial charge < -0.3 is 10.2 Å². The maximum absolute atomic E-state index is 12.7. The Kier molecular flexibility index (Phi) is 3.41. The maximum atomic E-state index is 12.7. The quantitative estimate of drug-likeness (QED) is 0.922. The Morgan fingerprint density at radius 3 is 2.62 bits per heavy atom. The smallest absolute Gasteiger partial charge is 0.322 e. The molecule has 1 aromatic rings. The van der Waals surface area contributed by atoms with Crippen LogP contribution in [-0.4, -0.2) is 41.9 Å². The third-order valence-electron chi connectivity index (χ3n) is 4.06. The first kappa shape index (κ1) is 13.7. The zero-order chi connectivity index (χ0) is 15.0. The normalized spacial score (nSPS) is 21.7. The molecule has 5 heteroatoms. The van der Waals surface area contributed by atoms with Gasteiger partial charge in [-0.25, -0.2) is 4.79 Å². The summed E-state index contributed by atoms with van der Waals surface area (Å²) in [6, 6.07) is 9.14. The number of amides is 3. The summed E-state index contributed by atoms with van der Waals surface area (Å²) in [6.45, 7) is 3.29. The third-order valence-corrected chi connectivity index (χ3v) is 4.06. The molecule has 0 bridgehead atoms. The number of likely N-dealkylation sites (N-methyl/N-ethyl adjacent to an activating group) is 1. The fraction of sp³-hybridized carbons (Fsp3) is 0.375. The number of carbonyl (C=O) groups is 2. The number of rotatable bonds is 3. The van der Waals surface area contributed by atoms with Crippen molar-refractivity contribution in [1.29, 1.82) is 0 Å². The minimum absolute atomic E-state index is 0.0348. The van der Waals surface area contributed by atoms with Crippen molar-refractivity contribution < 1.29 is 9.59 Å². The van der Waals surface area contributed by atoms with Gasteiger partial charge in [-0.15, -0.1) is 0 Å². The number of nitrogens with zero attached hydrogens (tertiary/aromatic N) is 2. The highest BCUT2D eigenvalue weighted by atomic mass is 16.2. The van der Waals surface area contributed by atoms with E-state index in [2.05, 4.69) is 5.32 Å².